The van der Waals surface area contributed by atoms with Crippen LogP contribution in [0.3, 0.4) is 0 Å². The molecule has 0 aromatic carbocycles. The van der Waals surface area contributed by atoms with Crippen LogP contribution in [0, 0.1) is 0 Å². The zero-order valence-corrected chi connectivity index (χ0v) is 6.77. The molecule has 0 rings (SSSR count). The third kappa shape index (κ3) is 4.21. The Bertz CT molecular complexity index is 70.1. The molecular formula is C4H10IN2-. The van der Waals surface area contributed by atoms with Gasteiger partial charge in [-0.15, -0.1) is 0 Å². The van der Waals surface area contributed by atoms with Crippen molar-refractivity contribution in [3.05, 3.63) is 0 Å². The van der Waals surface area contributed by atoms with Crippen molar-refractivity contribution in [3.63, 3.8) is 0 Å². The minimum absolute atomic E-state index is 0.0687. The predicted molar refractivity (Wildman–Crippen MR) is 28.1 cm³/mol. The first kappa shape index (κ1) is 7.36. The molecule has 2 nitrogen and oxygen atoms in total. The summed E-state index contributed by atoms with van der Waals surface area (Å²) in [6.07, 6.45) is 0. The van der Waals surface area contributed by atoms with Gasteiger partial charge in [0.25, 0.3) is 0 Å². The molecule has 0 aliphatic carbocycles. The molecule has 0 atom stereocenters. The van der Waals surface area contributed by atoms with E-state index < -0.39 is 0 Å². The first-order valence-corrected chi connectivity index (χ1v) is 5.15. The van der Waals surface area contributed by atoms with Gasteiger partial charge >= 0.3 is 54.5 Å². The number of hydrogen-bond donors (Lipinski definition) is 1. The Kier molecular flexibility index (Phi) is 4.75. The first-order valence-electron chi connectivity index (χ1n) is 2.03. The minimum atomic E-state index is 0.0687. The van der Waals surface area contributed by atoms with Gasteiger partial charge in [-0.05, 0) is 0 Å². The van der Waals surface area contributed by atoms with E-state index in [1.54, 1.807) is 0 Å². The normalized spacial score (nSPS) is 12.7. The molecule has 0 radical (unpaired) electrons. The van der Waals surface area contributed by atoms with Gasteiger partial charge in [-0.2, -0.15) is 0 Å². The number of alkyl halides is 1. The fourth-order valence-electron chi connectivity index (χ4n) is 0.179. The molecule has 0 aliphatic rings. The second-order valence-corrected chi connectivity index (χ2v) is 2.64. The van der Waals surface area contributed by atoms with Crippen molar-refractivity contribution < 1.29 is 21.5 Å². The van der Waals surface area contributed by atoms with Crippen molar-refractivity contribution in [1.82, 2.24) is 0 Å². The molecule has 0 saturated carbocycles. The fraction of sp³-hybridized carbons (Fsp3) is 0.750. The SMILES string of the molecule is C[I-]N=C(C)CN. The number of hydrogen-bond acceptors (Lipinski definition) is 2. The van der Waals surface area contributed by atoms with E-state index in [9.17, 15) is 0 Å². The van der Waals surface area contributed by atoms with Gasteiger partial charge in [-0.3, -0.25) is 0 Å². The topological polar surface area (TPSA) is 38.4 Å². The standard InChI is InChI=1S/C4H10IN2/c1-4(3-6)7-5-2/h3,6H2,1-2H3/q-1. The van der Waals surface area contributed by atoms with Gasteiger partial charge in [0.15, 0.2) is 0 Å². The first-order chi connectivity index (χ1) is 3.31. The molecule has 0 aromatic heterocycles. The molecule has 0 heterocycles. The molecule has 0 bridgehead atoms. The summed E-state index contributed by atoms with van der Waals surface area (Å²) in [5.41, 5.74) is 6.32. The summed E-state index contributed by atoms with van der Waals surface area (Å²) in [5, 5.41) is 0. The molecule has 44 valence electrons. The summed E-state index contributed by atoms with van der Waals surface area (Å²) in [6.45, 7) is 2.58. The number of nitrogens with two attached hydrogens (primary N) is 1. The van der Waals surface area contributed by atoms with Crippen LogP contribution >= 0.6 is 0 Å². The van der Waals surface area contributed by atoms with Crippen LogP contribution < -0.4 is 27.2 Å². The van der Waals surface area contributed by atoms with E-state index in [1.807, 2.05) is 6.92 Å². The van der Waals surface area contributed by atoms with E-state index in [4.69, 9.17) is 5.73 Å². The van der Waals surface area contributed by atoms with Crippen LogP contribution in [-0.4, -0.2) is 17.2 Å². The van der Waals surface area contributed by atoms with Crippen LogP contribution in [0.15, 0.2) is 3.21 Å². The molecular weight excluding hydrogens is 203 g/mol. The maximum atomic E-state index is 5.24. The van der Waals surface area contributed by atoms with Crippen LogP contribution in [0.4, 0.5) is 0 Å². The second-order valence-electron chi connectivity index (χ2n) is 1.19. The molecule has 0 amide bonds. The van der Waals surface area contributed by atoms with Crippen molar-refractivity contribution in [3.8, 4) is 0 Å². The van der Waals surface area contributed by atoms with Crippen molar-refractivity contribution in [2.45, 2.75) is 6.92 Å². The van der Waals surface area contributed by atoms with Crippen LogP contribution in [-0.2, 0) is 0 Å². The summed E-state index contributed by atoms with van der Waals surface area (Å²) >= 11 is 0.0687. The molecule has 0 unspecified atom stereocenters. The van der Waals surface area contributed by atoms with Crippen molar-refractivity contribution >= 4 is 5.71 Å². The second kappa shape index (κ2) is 4.52. The van der Waals surface area contributed by atoms with Crippen LogP contribution in [0.1, 0.15) is 6.92 Å². The molecule has 0 saturated heterocycles. The van der Waals surface area contributed by atoms with Crippen LogP contribution in [0.5, 0.6) is 0 Å². The number of rotatable bonds is 2. The average Bonchev–Trinajstić information content (AvgIpc) is 1.68. The van der Waals surface area contributed by atoms with E-state index in [2.05, 4.69) is 8.14 Å². The summed E-state index contributed by atoms with van der Waals surface area (Å²) in [6, 6.07) is 0. The predicted octanol–water partition coefficient (Wildman–Crippen LogP) is -2.96. The molecule has 2 N–H and O–H groups in total. The van der Waals surface area contributed by atoms with Gasteiger partial charge in [0.2, 0.25) is 0 Å². The van der Waals surface area contributed by atoms with Gasteiger partial charge in [0.1, 0.15) is 0 Å². The van der Waals surface area contributed by atoms with Gasteiger partial charge < -0.3 is 0 Å². The Morgan fingerprint density at radius 1 is 1.86 bits per heavy atom. The molecule has 0 aromatic rings. The molecule has 7 heavy (non-hydrogen) atoms. The van der Waals surface area contributed by atoms with Crippen LogP contribution in [0.2, 0.25) is 0 Å². The molecule has 0 aliphatic heterocycles. The Morgan fingerprint density at radius 3 is 2.57 bits per heavy atom. The Morgan fingerprint density at radius 2 is 2.43 bits per heavy atom. The summed E-state index contributed by atoms with van der Waals surface area (Å²) in [7, 11) is 0. The monoisotopic (exact) mass is 213 g/mol. The van der Waals surface area contributed by atoms with Crippen molar-refractivity contribution in [2.24, 2.45) is 8.94 Å². The summed E-state index contributed by atoms with van der Waals surface area (Å²) < 4.78 is 4.14. The van der Waals surface area contributed by atoms with E-state index in [-0.39, 0.29) is 21.5 Å². The van der Waals surface area contributed by atoms with Crippen LogP contribution in [0.25, 0.3) is 0 Å². The van der Waals surface area contributed by atoms with Gasteiger partial charge in [-0.25, -0.2) is 0 Å². The third-order valence-corrected chi connectivity index (χ3v) is 1.83. The molecule has 3 heteroatoms. The van der Waals surface area contributed by atoms with E-state index in [1.165, 1.54) is 0 Å². The number of nitrogens with zero attached hydrogens (tertiary/aromatic N) is 1. The van der Waals surface area contributed by atoms with E-state index >= 15 is 0 Å². The average molecular weight is 213 g/mol. The summed E-state index contributed by atoms with van der Waals surface area (Å²) in [4.78, 5) is 2.11. The Hall–Kier alpha value is 0.360. The molecule has 0 spiro atoms. The zero-order chi connectivity index (χ0) is 5.70. The quantitative estimate of drug-likeness (QED) is 0.297. The maximum absolute atomic E-state index is 5.24. The van der Waals surface area contributed by atoms with Gasteiger partial charge in [-0.1, -0.05) is 0 Å². The van der Waals surface area contributed by atoms with E-state index in [0.717, 1.165) is 5.71 Å². The third-order valence-electron chi connectivity index (χ3n) is 0.524. The van der Waals surface area contributed by atoms with Crippen molar-refractivity contribution in [2.75, 3.05) is 11.5 Å². The number of halogens is 1. The fourth-order valence-corrected chi connectivity index (χ4v) is 1.20. The van der Waals surface area contributed by atoms with Crippen molar-refractivity contribution in [1.29, 1.82) is 0 Å². The molecule has 0 fully saturated rings. The zero-order valence-electron chi connectivity index (χ0n) is 4.61. The Balaban J connectivity index is 3.29. The summed E-state index contributed by atoms with van der Waals surface area (Å²) in [5.74, 6) is 0. The van der Waals surface area contributed by atoms with Gasteiger partial charge in [0.05, 0.1) is 0 Å². The van der Waals surface area contributed by atoms with E-state index in [0.29, 0.717) is 6.54 Å². The Labute approximate surface area is 54.8 Å². The van der Waals surface area contributed by atoms with Gasteiger partial charge in [0, 0.05) is 0 Å².